The van der Waals surface area contributed by atoms with E-state index in [2.05, 4.69) is 124 Å². The molecule has 0 saturated heterocycles. The van der Waals surface area contributed by atoms with Crippen LogP contribution in [0.4, 0.5) is 22.7 Å². The molecule has 5 nitrogen and oxygen atoms in total. The summed E-state index contributed by atoms with van der Waals surface area (Å²) in [5.74, 6) is 1.16. The second-order valence-electron chi connectivity index (χ2n) is 23.8. The number of para-hydroxylation sites is 3. The first-order chi connectivity index (χ1) is 39.8. The number of hydrogen-bond donors (Lipinski definition) is 0. The van der Waals surface area contributed by atoms with E-state index in [9.17, 15) is 2.74 Å². The molecule has 0 unspecified atom stereocenters. The maximum atomic E-state index is 9.28. The van der Waals surface area contributed by atoms with Gasteiger partial charge in [0.2, 0.25) is 0 Å². The van der Waals surface area contributed by atoms with E-state index < -0.39 is 30.9 Å². The fourth-order valence-corrected chi connectivity index (χ4v) is 10.0. The molecular formula is C69H71N4OPt-3. The smallest absolute Gasteiger partial charge is 0.135 e. The molecule has 0 radical (unpaired) electrons. The molecule has 0 atom stereocenters. The van der Waals surface area contributed by atoms with Gasteiger partial charge in [-0.2, -0.15) is 12.1 Å². The maximum Gasteiger partial charge on any atom is 0.135 e. The molecule has 75 heavy (non-hydrogen) atoms. The van der Waals surface area contributed by atoms with Gasteiger partial charge in [0, 0.05) is 83.4 Å². The minimum atomic E-state index is -3.26. The summed E-state index contributed by atoms with van der Waals surface area (Å²) >= 11 is 0. The Morgan fingerprint density at radius 3 is 2.00 bits per heavy atom. The molecule has 0 spiro atoms. The Kier molecular flexibility index (Phi) is 10.0. The molecule has 9 aromatic rings. The van der Waals surface area contributed by atoms with Crippen LogP contribution in [0.15, 0.2) is 140 Å². The number of rotatable bonds is 7. The predicted molar refractivity (Wildman–Crippen MR) is 311 cm³/mol. The van der Waals surface area contributed by atoms with Crippen LogP contribution in [0.5, 0.6) is 11.5 Å². The van der Waals surface area contributed by atoms with E-state index in [1.54, 1.807) is 29.0 Å². The number of pyridine rings is 1. The Hall–Kier alpha value is -6.42. The van der Waals surface area contributed by atoms with Gasteiger partial charge in [-0.3, -0.25) is 0 Å². The molecular weight excluding hydrogens is 1100 g/mol. The Balaban J connectivity index is 0.00000838. The van der Waals surface area contributed by atoms with Crippen molar-refractivity contribution in [2.75, 3.05) is 9.80 Å². The fourth-order valence-electron chi connectivity index (χ4n) is 10.0. The zero-order valence-electron chi connectivity index (χ0n) is 57.1. The second-order valence-corrected chi connectivity index (χ2v) is 23.8. The van der Waals surface area contributed by atoms with Crippen molar-refractivity contribution in [2.24, 2.45) is 0 Å². The first-order valence-electron chi connectivity index (χ1n) is 31.5. The van der Waals surface area contributed by atoms with Crippen molar-refractivity contribution in [2.45, 2.75) is 137 Å². The van der Waals surface area contributed by atoms with Crippen molar-refractivity contribution in [3.8, 4) is 39.6 Å². The standard InChI is InChI=1S/C69H71N4O.Pt/c1-44-26-29-52(41-62(44)74-53-30-31-56-55-22-16-17-23-58(55)73(61(56)42-53)63-40-49(34-35-70-63)66(2,3)4)71-43-72(60-25-19-18-24-59(60)71)65-54(47-28-27-45-20-14-15-21-46(45)36-47)32-33-57(69(11,12)13)64(65)48-37-50(67(5,6)7)39-51(38-48)68(8,9)10;/h16-19,22-40,43H,14-15,20-21H2,1-13H3;/q-3;/i14D2,15D2,16D,17D,20D2,21D2,22D,23D;. The van der Waals surface area contributed by atoms with Crippen LogP contribution in [0.25, 0.3) is 49.9 Å². The van der Waals surface area contributed by atoms with Gasteiger partial charge in [-0.15, -0.1) is 47.6 Å². The van der Waals surface area contributed by atoms with Gasteiger partial charge in [0.25, 0.3) is 0 Å². The van der Waals surface area contributed by atoms with E-state index in [1.807, 2.05) is 73.1 Å². The molecule has 0 bridgehead atoms. The molecule has 3 heterocycles. The van der Waals surface area contributed by atoms with Gasteiger partial charge >= 0.3 is 0 Å². The van der Waals surface area contributed by atoms with Crippen molar-refractivity contribution in [3.63, 3.8) is 0 Å². The molecule has 0 N–H and O–H groups in total. The summed E-state index contributed by atoms with van der Waals surface area (Å²) < 4.78 is 116. The van der Waals surface area contributed by atoms with Crippen LogP contribution in [0.2, 0.25) is 0 Å². The van der Waals surface area contributed by atoms with Crippen molar-refractivity contribution >= 4 is 44.6 Å². The van der Waals surface area contributed by atoms with Crippen LogP contribution >= 0.6 is 0 Å². The number of aromatic nitrogens is 2. The minimum Gasteiger partial charge on any atom is -0.509 e. The van der Waals surface area contributed by atoms with Crippen molar-refractivity contribution in [1.82, 2.24) is 9.55 Å². The molecule has 1 aliphatic heterocycles. The Bertz CT molecular complexity index is 4250. The summed E-state index contributed by atoms with van der Waals surface area (Å²) in [6.07, 6.45) is -10.6. The zero-order valence-corrected chi connectivity index (χ0v) is 47.3. The molecule has 0 fully saturated rings. The van der Waals surface area contributed by atoms with Crippen LogP contribution in [0.1, 0.15) is 151 Å². The number of hydrogen-bond acceptors (Lipinski definition) is 4. The third-order valence-corrected chi connectivity index (χ3v) is 14.3. The topological polar surface area (TPSA) is 33.5 Å². The monoisotopic (exact) mass is 1180 g/mol. The summed E-state index contributed by atoms with van der Waals surface area (Å²) in [4.78, 5) is 8.91. The van der Waals surface area contributed by atoms with Crippen molar-refractivity contribution in [1.29, 1.82) is 0 Å². The second kappa shape index (κ2) is 19.3. The third-order valence-electron chi connectivity index (χ3n) is 14.3. The number of fused-ring (bicyclic) bond motifs is 5. The third kappa shape index (κ3) is 9.76. The van der Waals surface area contributed by atoms with Gasteiger partial charge in [-0.1, -0.05) is 174 Å². The number of ether oxygens (including phenoxy) is 1. The van der Waals surface area contributed by atoms with Crippen LogP contribution in [0, 0.1) is 25.7 Å². The van der Waals surface area contributed by atoms with Crippen LogP contribution < -0.4 is 14.5 Å². The molecule has 2 aliphatic rings. The van der Waals surface area contributed by atoms with Gasteiger partial charge in [0.15, 0.2) is 0 Å². The number of aryl methyl sites for hydroxylation is 3. The Morgan fingerprint density at radius 2 is 1.31 bits per heavy atom. The first kappa shape index (κ1) is 39.0. The van der Waals surface area contributed by atoms with Gasteiger partial charge in [0.05, 0.1) is 5.48 Å². The molecule has 0 amide bonds. The number of nitrogens with zero attached hydrogens (tertiary/aromatic N) is 4. The summed E-state index contributed by atoms with van der Waals surface area (Å²) in [5, 5.41) is 0.889. The summed E-state index contributed by atoms with van der Waals surface area (Å²) in [6, 6.07) is 40.8. The Morgan fingerprint density at radius 1 is 0.627 bits per heavy atom. The number of benzene rings is 7. The molecule has 386 valence electrons. The van der Waals surface area contributed by atoms with Crippen LogP contribution in [-0.2, 0) is 55.5 Å². The summed E-state index contributed by atoms with van der Waals surface area (Å²) in [6.45, 7) is 29.9. The van der Waals surface area contributed by atoms with Crippen molar-refractivity contribution in [3.05, 3.63) is 197 Å². The van der Waals surface area contributed by atoms with Crippen LogP contribution in [-0.4, -0.2) is 9.55 Å². The molecule has 1 aliphatic carbocycles. The van der Waals surface area contributed by atoms with E-state index >= 15 is 0 Å². The van der Waals surface area contributed by atoms with Gasteiger partial charge < -0.3 is 19.1 Å². The van der Waals surface area contributed by atoms with E-state index in [0.29, 0.717) is 50.4 Å². The summed E-state index contributed by atoms with van der Waals surface area (Å²) in [5.41, 5.74) is 9.88. The zero-order chi connectivity index (χ0) is 62.7. The first-order valence-corrected chi connectivity index (χ1v) is 25.5. The van der Waals surface area contributed by atoms with Gasteiger partial charge in [0.1, 0.15) is 5.82 Å². The van der Waals surface area contributed by atoms with E-state index in [0.717, 1.165) is 56.0 Å². The molecule has 7 aromatic carbocycles. The van der Waals surface area contributed by atoms with E-state index in [-0.39, 0.29) is 78.1 Å². The van der Waals surface area contributed by atoms with E-state index in [1.165, 1.54) is 12.1 Å². The van der Waals surface area contributed by atoms with E-state index in [4.69, 9.17) is 23.4 Å². The molecule has 0 saturated carbocycles. The van der Waals surface area contributed by atoms with Crippen molar-refractivity contribution < 1.29 is 42.3 Å². The number of anilines is 4. The van der Waals surface area contributed by atoms with Crippen LogP contribution in [0.3, 0.4) is 0 Å². The fraction of sp³-hybridized carbons (Fsp3) is 0.304. The molecule has 6 heteroatoms. The Labute approximate surface area is 478 Å². The van der Waals surface area contributed by atoms with Gasteiger partial charge in [-0.25, -0.2) is 4.98 Å². The normalized spacial score (nSPS) is 19.1. The predicted octanol–water partition coefficient (Wildman–Crippen LogP) is 18.7. The molecule has 11 rings (SSSR count). The quantitative estimate of drug-likeness (QED) is 0.149. The average Bonchev–Trinajstić information content (AvgIpc) is 1.24. The molecule has 2 aromatic heterocycles. The average molecular weight is 1180 g/mol. The largest absolute Gasteiger partial charge is 0.509 e. The van der Waals surface area contributed by atoms with Gasteiger partial charge in [-0.05, 0) is 127 Å². The summed E-state index contributed by atoms with van der Waals surface area (Å²) in [7, 11) is 0. The minimum absolute atomic E-state index is 0. The maximum absolute atomic E-state index is 9.28. The SMILES string of the molecule is [2H]c1c([2H])c([2H])c2c(c1[2H])c1ccc(Oc3[c-]c(N4[CH-]N(c5c(-c6ccc7c(c6)C([2H])([2H])C([2H])([2H])C([2H])([2H])C7([2H])[2H])ccc(C(C)(C)C)c5-c5cc(C(C)(C)C)cc(C(C)(C)C)c5)c5ccccc54)ccc3C)[c-]c1n2-c1cc(C(C)(C)C)ccn1.[Pt].